The zero-order chi connectivity index (χ0) is 20.9. The van der Waals surface area contributed by atoms with E-state index in [4.69, 9.17) is 25.6 Å². The number of halogens is 1. The number of hydrogen-bond acceptors (Lipinski definition) is 6. The van der Waals surface area contributed by atoms with Gasteiger partial charge < -0.3 is 19.4 Å². The van der Waals surface area contributed by atoms with Crippen molar-refractivity contribution in [2.45, 2.75) is 44.3 Å². The molecule has 2 fully saturated rings. The Morgan fingerprint density at radius 1 is 1.03 bits per heavy atom. The average molecular weight is 416 g/mol. The first-order valence-electron chi connectivity index (χ1n) is 9.46. The lowest BCUT2D eigenvalue weighted by Gasteiger charge is -2.39. The molecule has 29 heavy (non-hydrogen) atoms. The third kappa shape index (κ3) is 3.55. The summed E-state index contributed by atoms with van der Waals surface area (Å²) in [5, 5.41) is 3.24. The lowest BCUT2D eigenvalue weighted by atomic mass is 9.77. The summed E-state index contributed by atoms with van der Waals surface area (Å²) in [5.41, 5.74) is 0.333. The number of ether oxygens (including phenoxy) is 1. The van der Waals surface area contributed by atoms with E-state index in [1.807, 2.05) is 39.8 Å². The first-order chi connectivity index (χ1) is 13.6. The maximum absolute atomic E-state index is 13.0. The monoisotopic (exact) mass is 415 g/mol. The largest absolute Gasteiger partial charge is 0.496 e. The molecule has 9 heteroatoms. The minimum atomic E-state index is -0.839. The van der Waals surface area contributed by atoms with Crippen molar-refractivity contribution in [2.24, 2.45) is 0 Å². The SMILES string of the molecule is CC1(C)OB(c2ccc(C3(C(=O)Nc4ccc(Cl)nc4)COC3)nc2)OC1(C)C. The molecule has 152 valence electrons. The fourth-order valence-electron chi connectivity index (χ4n) is 3.21. The summed E-state index contributed by atoms with van der Waals surface area (Å²) < 4.78 is 17.5. The highest BCUT2D eigenvalue weighted by atomic mass is 35.5. The zero-order valence-electron chi connectivity index (χ0n) is 16.9. The molecule has 2 aromatic rings. The second-order valence-electron chi connectivity index (χ2n) is 8.46. The molecule has 0 spiro atoms. The van der Waals surface area contributed by atoms with Crippen LogP contribution in [0.5, 0.6) is 0 Å². The minimum Gasteiger partial charge on any atom is -0.399 e. The van der Waals surface area contributed by atoms with Gasteiger partial charge in [-0.2, -0.15) is 0 Å². The van der Waals surface area contributed by atoms with Crippen molar-refractivity contribution in [1.82, 2.24) is 9.97 Å². The van der Waals surface area contributed by atoms with Crippen LogP contribution < -0.4 is 10.8 Å². The Bertz CT molecular complexity index is 898. The van der Waals surface area contributed by atoms with Crippen molar-refractivity contribution in [3.63, 3.8) is 0 Å². The van der Waals surface area contributed by atoms with Gasteiger partial charge in [0.15, 0.2) is 0 Å². The molecule has 2 aromatic heterocycles. The van der Waals surface area contributed by atoms with Gasteiger partial charge in [0, 0.05) is 11.7 Å². The van der Waals surface area contributed by atoms with Crippen LogP contribution in [0.15, 0.2) is 36.7 Å². The van der Waals surface area contributed by atoms with Crippen molar-refractivity contribution in [2.75, 3.05) is 18.5 Å². The third-order valence-electron chi connectivity index (χ3n) is 5.92. The minimum absolute atomic E-state index is 0.191. The van der Waals surface area contributed by atoms with Crippen LogP contribution in [-0.4, -0.2) is 47.4 Å². The Hall–Kier alpha value is -2.00. The summed E-state index contributed by atoms with van der Waals surface area (Å²) in [6.45, 7) is 8.55. The fraction of sp³-hybridized carbons (Fsp3) is 0.450. The second-order valence-corrected chi connectivity index (χ2v) is 8.85. The number of hydrogen-bond donors (Lipinski definition) is 1. The predicted molar refractivity (Wildman–Crippen MR) is 110 cm³/mol. The van der Waals surface area contributed by atoms with Crippen molar-refractivity contribution in [3.8, 4) is 0 Å². The molecular weight excluding hydrogens is 393 g/mol. The highest BCUT2D eigenvalue weighted by molar-refractivity contribution is 6.62. The number of carbonyl (C=O) groups excluding carboxylic acids is 1. The number of pyridine rings is 2. The van der Waals surface area contributed by atoms with E-state index >= 15 is 0 Å². The average Bonchev–Trinajstić information content (AvgIpc) is 2.84. The standard InChI is InChI=1S/C20H23BClN3O4/c1-18(2)19(3,4)29-21(28-18)13-5-7-15(23-9-13)20(11-27-12-20)17(26)25-14-6-8-16(22)24-10-14/h5-10H,11-12H2,1-4H3,(H,25,26). The predicted octanol–water partition coefficient (Wildman–Crippen LogP) is 2.34. The molecule has 0 unspecified atom stereocenters. The summed E-state index contributed by atoms with van der Waals surface area (Å²) in [6.07, 6.45) is 3.22. The lowest BCUT2D eigenvalue weighted by molar-refractivity contribution is -0.140. The molecule has 2 aliphatic heterocycles. The lowest BCUT2D eigenvalue weighted by Crippen LogP contribution is -2.56. The maximum atomic E-state index is 13.0. The van der Waals surface area contributed by atoms with E-state index in [1.54, 1.807) is 18.3 Å². The number of amides is 1. The van der Waals surface area contributed by atoms with Gasteiger partial charge in [-0.25, -0.2) is 4.98 Å². The van der Waals surface area contributed by atoms with Gasteiger partial charge in [0.05, 0.1) is 42.0 Å². The molecule has 0 radical (unpaired) electrons. The van der Waals surface area contributed by atoms with Gasteiger partial charge in [-0.3, -0.25) is 9.78 Å². The van der Waals surface area contributed by atoms with Crippen LogP contribution in [0.25, 0.3) is 0 Å². The maximum Gasteiger partial charge on any atom is 0.496 e. The zero-order valence-corrected chi connectivity index (χ0v) is 17.6. The van der Waals surface area contributed by atoms with Crippen molar-refractivity contribution >= 4 is 35.8 Å². The van der Waals surface area contributed by atoms with E-state index < -0.39 is 23.7 Å². The fourth-order valence-corrected chi connectivity index (χ4v) is 3.32. The Kier molecular flexibility index (Phi) is 4.94. The number of nitrogens with one attached hydrogen (secondary N) is 1. The first-order valence-corrected chi connectivity index (χ1v) is 9.84. The second kappa shape index (κ2) is 7.06. The number of nitrogens with zero attached hydrogens (tertiary/aromatic N) is 2. The molecule has 1 N–H and O–H groups in total. The van der Waals surface area contributed by atoms with Crippen molar-refractivity contribution in [3.05, 3.63) is 47.5 Å². The van der Waals surface area contributed by atoms with Gasteiger partial charge in [-0.15, -0.1) is 0 Å². The van der Waals surface area contributed by atoms with Crippen LogP contribution in [0.2, 0.25) is 5.15 Å². The summed E-state index contributed by atoms with van der Waals surface area (Å²) in [4.78, 5) is 21.5. The number of aromatic nitrogens is 2. The molecule has 4 heterocycles. The van der Waals surface area contributed by atoms with Crippen LogP contribution in [0.4, 0.5) is 5.69 Å². The Morgan fingerprint density at radius 2 is 1.72 bits per heavy atom. The van der Waals surface area contributed by atoms with E-state index in [0.717, 1.165) is 5.46 Å². The molecule has 0 aliphatic carbocycles. The van der Waals surface area contributed by atoms with Crippen molar-refractivity contribution < 1.29 is 18.8 Å². The summed E-state index contributed by atoms with van der Waals surface area (Å²) in [7, 11) is -0.496. The van der Waals surface area contributed by atoms with Gasteiger partial charge >= 0.3 is 7.12 Å². The Labute approximate surface area is 175 Å². The van der Waals surface area contributed by atoms with E-state index in [-0.39, 0.29) is 19.1 Å². The third-order valence-corrected chi connectivity index (χ3v) is 6.14. The Morgan fingerprint density at radius 3 is 2.21 bits per heavy atom. The van der Waals surface area contributed by atoms with Crippen LogP contribution in [0, 0.1) is 0 Å². The molecule has 2 saturated heterocycles. The number of rotatable bonds is 4. The molecular formula is C20H23BClN3O4. The number of carbonyl (C=O) groups is 1. The van der Waals surface area contributed by atoms with E-state index in [2.05, 4.69) is 15.3 Å². The first kappa shape index (κ1) is 20.3. The van der Waals surface area contributed by atoms with Crippen LogP contribution in [-0.2, 0) is 24.3 Å². The molecule has 7 nitrogen and oxygen atoms in total. The van der Waals surface area contributed by atoms with Crippen LogP contribution in [0.1, 0.15) is 33.4 Å². The smallest absolute Gasteiger partial charge is 0.399 e. The number of anilines is 1. The summed E-state index contributed by atoms with van der Waals surface area (Å²) in [5.74, 6) is -0.191. The molecule has 0 bridgehead atoms. The van der Waals surface area contributed by atoms with Gasteiger partial charge in [-0.1, -0.05) is 17.7 Å². The van der Waals surface area contributed by atoms with E-state index in [1.165, 1.54) is 6.20 Å². The molecule has 0 saturated carbocycles. The van der Waals surface area contributed by atoms with Crippen LogP contribution in [0.3, 0.4) is 0 Å². The molecule has 0 aromatic carbocycles. The van der Waals surface area contributed by atoms with E-state index in [0.29, 0.717) is 16.5 Å². The van der Waals surface area contributed by atoms with Crippen LogP contribution >= 0.6 is 11.6 Å². The van der Waals surface area contributed by atoms with Gasteiger partial charge in [0.25, 0.3) is 0 Å². The van der Waals surface area contributed by atoms with Gasteiger partial charge in [0.2, 0.25) is 5.91 Å². The molecule has 4 rings (SSSR count). The summed E-state index contributed by atoms with van der Waals surface area (Å²) in [6, 6.07) is 7.05. The van der Waals surface area contributed by atoms with Gasteiger partial charge in [0.1, 0.15) is 10.6 Å². The molecule has 0 atom stereocenters. The van der Waals surface area contributed by atoms with Crippen molar-refractivity contribution in [1.29, 1.82) is 0 Å². The highest BCUT2D eigenvalue weighted by Gasteiger charge is 2.52. The molecule has 2 aliphatic rings. The van der Waals surface area contributed by atoms with Gasteiger partial charge in [-0.05, 0) is 45.9 Å². The normalized spacial score (nSPS) is 21.5. The van der Waals surface area contributed by atoms with E-state index in [9.17, 15) is 4.79 Å². The topological polar surface area (TPSA) is 82.6 Å². The molecule has 1 amide bonds. The Balaban J connectivity index is 1.52. The quantitative estimate of drug-likeness (QED) is 0.610. The highest BCUT2D eigenvalue weighted by Crippen LogP contribution is 2.37. The summed E-state index contributed by atoms with van der Waals surface area (Å²) >= 11 is 5.80.